The molecule has 0 aliphatic carbocycles. The summed E-state index contributed by atoms with van der Waals surface area (Å²) in [5, 5.41) is 2.70. The SMILES string of the molecule is CN(CCc1ccccn1)C(=O)[C@@H](NC(=O)OC(C)(C)C)c1ccccc1. The van der Waals surface area contributed by atoms with Gasteiger partial charge in [-0.25, -0.2) is 4.79 Å². The quantitative estimate of drug-likeness (QED) is 0.848. The minimum absolute atomic E-state index is 0.206. The van der Waals surface area contributed by atoms with E-state index in [4.69, 9.17) is 4.74 Å². The second-order valence-electron chi connectivity index (χ2n) is 7.32. The molecule has 2 rings (SSSR count). The molecule has 0 fully saturated rings. The lowest BCUT2D eigenvalue weighted by Gasteiger charge is -2.26. The van der Waals surface area contributed by atoms with Crippen LogP contribution in [0.1, 0.15) is 38.1 Å². The summed E-state index contributed by atoms with van der Waals surface area (Å²) >= 11 is 0. The highest BCUT2D eigenvalue weighted by Crippen LogP contribution is 2.17. The van der Waals surface area contributed by atoms with Crippen LogP contribution in [0.3, 0.4) is 0 Å². The van der Waals surface area contributed by atoms with Gasteiger partial charge in [0.2, 0.25) is 5.91 Å². The Balaban J connectivity index is 2.09. The third kappa shape index (κ3) is 6.73. The first-order valence-corrected chi connectivity index (χ1v) is 8.95. The maximum absolute atomic E-state index is 13.0. The minimum Gasteiger partial charge on any atom is -0.444 e. The van der Waals surface area contributed by atoms with Gasteiger partial charge in [0.25, 0.3) is 0 Å². The largest absolute Gasteiger partial charge is 0.444 e. The summed E-state index contributed by atoms with van der Waals surface area (Å²) in [7, 11) is 1.72. The van der Waals surface area contributed by atoms with Gasteiger partial charge in [-0.3, -0.25) is 9.78 Å². The zero-order valence-electron chi connectivity index (χ0n) is 16.3. The van der Waals surface area contributed by atoms with Crippen molar-refractivity contribution in [2.75, 3.05) is 13.6 Å². The first kappa shape index (κ1) is 20.4. The highest BCUT2D eigenvalue weighted by Gasteiger charge is 2.27. The molecule has 6 nitrogen and oxygen atoms in total. The van der Waals surface area contributed by atoms with E-state index < -0.39 is 17.7 Å². The van der Waals surface area contributed by atoms with E-state index in [0.717, 1.165) is 5.69 Å². The molecular formula is C21H27N3O3. The van der Waals surface area contributed by atoms with Crippen LogP contribution in [0.5, 0.6) is 0 Å². The lowest BCUT2D eigenvalue weighted by molar-refractivity contribution is -0.132. The summed E-state index contributed by atoms with van der Waals surface area (Å²) in [4.78, 5) is 31.1. The molecule has 144 valence electrons. The Labute approximate surface area is 160 Å². The fourth-order valence-corrected chi connectivity index (χ4v) is 2.52. The molecule has 6 heteroatoms. The topological polar surface area (TPSA) is 71.5 Å². The van der Waals surface area contributed by atoms with Crippen LogP contribution < -0.4 is 5.32 Å². The number of nitrogens with one attached hydrogen (secondary N) is 1. The zero-order chi connectivity index (χ0) is 19.9. The predicted molar refractivity (Wildman–Crippen MR) is 104 cm³/mol. The standard InChI is InChI=1S/C21H27N3O3/c1-21(2,3)27-20(26)23-18(16-10-6-5-7-11-16)19(25)24(4)15-13-17-12-8-9-14-22-17/h5-12,14,18H,13,15H2,1-4H3,(H,23,26)/t18-/m0/s1. The monoisotopic (exact) mass is 369 g/mol. The van der Waals surface area contributed by atoms with Crippen LogP contribution in [0, 0.1) is 0 Å². The number of carbonyl (C=O) groups excluding carboxylic acids is 2. The Morgan fingerprint density at radius 3 is 2.37 bits per heavy atom. The summed E-state index contributed by atoms with van der Waals surface area (Å²) in [6.07, 6.45) is 1.74. The first-order chi connectivity index (χ1) is 12.8. The maximum atomic E-state index is 13.0. The number of benzene rings is 1. The Morgan fingerprint density at radius 1 is 1.11 bits per heavy atom. The average molecular weight is 369 g/mol. The molecule has 0 aliphatic heterocycles. The van der Waals surface area contributed by atoms with Crippen molar-refractivity contribution in [2.24, 2.45) is 0 Å². The van der Waals surface area contributed by atoms with E-state index in [9.17, 15) is 9.59 Å². The third-order valence-electron chi connectivity index (χ3n) is 3.85. The van der Waals surface area contributed by atoms with Gasteiger partial charge in [-0.05, 0) is 38.5 Å². The van der Waals surface area contributed by atoms with Gasteiger partial charge in [-0.15, -0.1) is 0 Å². The van der Waals surface area contributed by atoms with Crippen molar-refractivity contribution >= 4 is 12.0 Å². The number of alkyl carbamates (subject to hydrolysis) is 1. The Kier molecular flexibility index (Phi) is 6.93. The van der Waals surface area contributed by atoms with E-state index in [-0.39, 0.29) is 5.91 Å². The predicted octanol–water partition coefficient (Wildman–Crippen LogP) is 3.35. The first-order valence-electron chi connectivity index (χ1n) is 8.95. The number of hydrogen-bond acceptors (Lipinski definition) is 4. The molecule has 2 aromatic rings. The van der Waals surface area contributed by atoms with Crippen molar-refractivity contribution in [3.8, 4) is 0 Å². The van der Waals surface area contributed by atoms with Gasteiger partial charge >= 0.3 is 6.09 Å². The number of amides is 2. The second kappa shape index (κ2) is 9.16. The van der Waals surface area contributed by atoms with Gasteiger partial charge in [-0.2, -0.15) is 0 Å². The van der Waals surface area contributed by atoms with Gasteiger partial charge < -0.3 is 15.0 Å². The van der Waals surface area contributed by atoms with Crippen LogP contribution in [-0.4, -0.2) is 41.1 Å². The normalized spacial score (nSPS) is 12.1. The minimum atomic E-state index is -0.810. The Morgan fingerprint density at radius 2 is 1.78 bits per heavy atom. The van der Waals surface area contributed by atoms with Gasteiger partial charge in [0.15, 0.2) is 0 Å². The smallest absolute Gasteiger partial charge is 0.408 e. The summed E-state index contributed by atoms with van der Waals surface area (Å²) in [6.45, 7) is 5.84. The summed E-state index contributed by atoms with van der Waals surface area (Å²) in [5.41, 5.74) is 0.978. The molecular weight excluding hydrogens is 342 g/mol. The number of pyridine rings is 1. The second-order valence-corrected chi connectivity index (χ2v) is 7.32. The van der Waals surface area contributed by atoms with Crippen molar-refractivity contribution < 1.29 is 14.3 Å². The molecule has 1 heterocycles. The molecule has 2 amide bonds. The van der Waals surface area contributed by atoms with Gasteiger partial charge in [0.1, 0.15) is 11.6 Å². The molecule has 1 atom stereocenters. The number of rotatable bonds is 6. The summed E-state index contributed by atoms with van der Waals surface area (Å²) in [6, 6.07) is 14.0. The molecule has 1 N–H and O–H groups in total. The van der Waals surface area contributed by atoms with Crippen LogP contribution in [0.25, 0.3) is 0 Å². The summed E-state index contributed by atoms with van der Waals surface area (Å²) < 4.78 is 5.32. The van der Waals surface area contributed by atoms with Crippen LogP contribution in [0.2, 0.25) is 0 Å². The molecule has 0 spiro atoms. The summed E-state index contributed by atoms with van der Waals surface area (Å²) in [5.74, 6) is -0.206. The van der Waals surface area contributed by atoms with E-state index in [1.807, 2.05) is 48.5 Å². The third-order valence-corrected chi connectivity index (χ3v) is 3.85. The van der Waals surface area contributed by atoms with Crippen molar-refractivity contribution in [3.63, 3.8) is 0 Å². The molecule has 1 aromatic carbocycles. The number of likely N-dealkylation sites (N-methyl/N-ethyl adjacent to an activating group) is 1. The molecule has 0 unspecified atom stereocenters. The molecule has 0 saturated heterocycles. The van der Waals surface area contributed by atoms with Crippen LogP contribution in [0.4, 0.5) is 4.79 Å². The average Bonchev–Trinajstić information content (AvgIpc) is 2.64. The van der Waals surface area contributed by atoms with Gasteiger partial charge in [0.05, 0.1) is 0 Å². The van der Waals surface area contributed by atoms with Gasteiger partial charge in [0, 0.05) is 31.9 Å². The molecule has 0 saturated carbocycles. The van der Waals surface area contributed by atoms with E-state index in [0.29, 0.717) is 18.5 Å². The molecule has 0 bridgehead atoms. The molecule has 0 radical (unpaired) electrons. The lowest BCUT2D eigenvalue weighted by atomic mass is 10.1. The van der Waals surface area contributed by atoms with E-state index >= 15 is 0 Å². The van der Waals surface area contributed by atoms with Crippen molar-refractivity contribution in [1.29, 1.82) is 0 Å². The fourth-order valence-electron chi connectivity index (χ4n) is 2.52. The maximum Gasteiger partial charge on any atom is 0.408 e. The van der Waals surface area contributed by atoms with E-state index in [1.54, 1.807) is 38.9 Å². The lowest BCUT2D eigenvalue weighted by Crippen LogP contribution is -2.43. The van der Waals surface area contributed by atoms with Crippen LogP contribution in [-0.2, 0) is 16.0 Å². The Hall–Kier alpha value is -2.89. The van der Waals surface area contributed by atoms with Crippen molar-refractivity contribution in [3.05, 3.63) is 66.0 Å². The Bertz CT molecular complexity index is 742. The van der Waals surface area contributed by atoms with Gasteiger partial charge in [-0.1, -0.05) is 36.4 Å². The highest BCUT2D eigenvalue weighted by atomic mass is 16.6. The number of carbonyl (C=O) groups is 2. The van der Waals surface area contributed by atoms with Crippen molar-refractivity contribution in [1.82, 2.24) is 15.2 Å². The van der Waals surface area contributed by atoms with Crippen molar-refractivity contribution in [2.45, 2.75) is 38.8 Å². The van der Waals surface area contributed by atoms with E-state index in [1.165, 1.54) is 0 Å². The highest BCUT2D eigenvalue weighted by molar-refractivity contribution is 5.86. The number of hydrogen-bond donors (Lipinski definition) is 1. The molecule has 0 aliphatic rings. The number of aromatic nitrogens is 1. The molecule has 27 heavy (non-hydrogen) atoms. The zero-order valence-corrected chi connectivity index (χ0v) is 16.3. The fraction of sp³-hybridized carbons (Fsp3) is 0.381. The number of ether oxygens (including phenoxy) is 1. The van der Waals surface area contributed by atoms with E-state index in [2.05, 4.69) is 10.3 Å². The van der Waals surface area contributed by atoms with Crippen LogP contribution >= 0.6 is 0 Å². The molecule has 1 aromatic heterocycles. The van der Waals surface area contributed by atoms with Crippen LogP contribution in [0.15, 0.2) is 54.7 Å². The number of nitrogens with zero attached hydrogens (tertiary/aromatic N) is 2.